The normalized spacial score (nSPS) is 15.0. The maximum atomic E-state index is 13.2. The van der Waals surface area contributed by atoms with Crippen molar-refractivity contribution in [3.05, 3.63) is 101 Å². The van der Waals surface area contributed by atoms with Gasteiger partial charge < -0.3 is 4.90 Å². The highest BCUT2D eigenvalue weighted by molar-refractivity contribution is 7.89. The number of amides is 1. The minimum atomic E-state index is -3.79. The maximum Gasteiger partial charge on any atom is 0.255 e. The number of hydrogen-bond acceptors (Lipinski definition) is 4. The number of piperazine rings is 1. The molecule has 0 aliphatic carbocycles. The van der Waals surface area contributed by atoms with Gasteiger partial charge in [-0.2, -0.15) is 4.31 Å². The zero-order valence-electron chi connectivity index (χ0n) is 19.1. The van der Waals surface area contributed by atoms with Gasteiger partial charge in [-0.15, -0.1) is 0 Å². The second-order valence-corrected chi connectivity index (χ2v) is 10.9. The van der Waals surface area contributed by atoms with E-state index in [0.717, 1.165) is 25.2 Å². The van der Waals surface area contributed by atoms with Crippen LogP contribution in [0.3, 0.4) is 0 Å². The van der Waals surface area contributed by atoms with Gasteiger partial charge in [0, 0.05) is 46.3 Å². The number of nitrogens with zero attached hydrogens (tertiary/aromatic N) is 3. The summed E-state index contributed by atoms with van der Waals surface area (Å²) in [5, 5.41) is 0.251. The van der Waals surface area contributed by atoms with Crippen LogP contribution < -0.4 is 0 Å². The van der Waals surface area contributed by atoms with Gasteiger partial charge in [-0.05, 0) is 29.3 Å². The van der Waals surface area contributed by atoms with Crippen LogP contribution in [0.25, 0.3) is 0 Å². The summed E-state index contributed by atoms with van der Waals surface area (Å²) < 4.78 is 27.6. The summed E-state index contributed by atoms with van der Waals surface area (Å²) in [4.78, 5) is 17.3. The smallest absolute Gasteiger partial charge is 0.255 e. The molecule has 178 valence electrons. The van der Waals surface area contributed by atoms with Crippen LogP contribution in [0.1, 0.15) is 21.5 Å². The molecular weight excluding hydrogens is 470 g/mol. The van der Waals surface area contributed by atoms with Crippen LogP contribution in [-0.2, 0) is 23.1 Å². The first-order valence-electron chi connectivity index (χ1n) is 11.2. The third kappa shape index (κ3) is 5.67. The second kappa shape index (κ2) is 10.7. The molecule has 1 heterocycles. The van der Waals surface area contributed by atoms with Crippen molar-refractivity contribution in [3.63, 3.8) is 0 Å². The lowest BCUT2D eigenvalue weighted by molar-refractivity contribution is 0.0628. The van der Waals surface area contributed by atoms with Crippen LogP contribution >= 0.6 is 11.6 Å². The zero-order valence-corrected chi connectivity index (χ0v) is 20.7. The fraction of sp³-hybridized carbons (Fsp3) is 0.269. The average Bonchev–Trinajstić information content (AvgIpc) is 2.85. The van der Waals surface area contributed by atoms with E-state index >= 15 is 0 Å². The van der Waals surface area contributed by atoms with E-state index in [-0.39, 0.29) is 27.9 Å². The first-order valence-corrected chi connectivity index (χ1v) is 13.0. The third-order valence-electron chi connectivity index (χ3n) is 6.03. The highest BCUT2D eigenvalue weighted by Gasteiger charge is 2.27. The van der Waals surface area contributed by atoms with E-state index in [2.05, 4.69) is 17.0 Å². The number of sulfonamides is 1. The van der Waals surface area contributed by atoms with E-state index in [0.29, 0.717) is 13.1 Å². The SMILES string of the molecule is CN(Cc1ccccc1)S(=O)(=O)c1ccc(Cl)c(C(=O)N2CCN(Cc3ccccc3)CC2)c1. The van der Waals surface area contributed by atoms with Crippen molar-refractivity contribution in [1.29, 1.82) is 0 Å². The van der Waals surface area contributed by atoms with Crippen molar-refractivity contribution < 1.29 is 13.2 Å². The largest absolute Gasteiger partial charge is 0.336 e. The Labute approximate surface area is 206 Å². The molecule has 34 heavy (non-hydrogen) atoms. The predicted octanol–water partition coefficient (Wildman–Crippen LogP) is 4.12. The number of benzene rings is 3. The Morgan fingerprint density at radius 2 is 1.47 bits per heavy atom. The van der Waals surface area contributed by atoms with Crippen LogP contribution in [0.2, 0.25) is 5.02 Å². The van der Waals surface area contributed by atoms with Gasteiger partial charge in [0.1, 0.15) is 0 Å². The first kappa shape index (κ1) is 24.4. The van der Waals surface area contributed by atoms with Gasteiger partial charge in [0.15, 0.2) is 0 Å². The van der Waals surface area contributed by atoms with Gasteiger partial charge in [-0.25, -0.2) is 8.42 Å². The molecule has 1 saturated heterocycles. The molecular formula is C26H28ClN3O3S. The summed E-state index contributed by atoms with van der Waals surface area (Å²) in [5.74, 6) is -0.243. The molecule has 4 rings (SSSR count). The number of hydrogen-bond donors (Lipinski definition) is 0. The fourth-order valence-corrected chi connectivity index (χ4v) is 5.44. The molecule has 0 radical (unpaired) electrons. The fourth-order valence-electron chi connectivity index (χ4n) is 4.06. The molecule has 0 bridgehead atoms. The van der Waals surface area contributed by atoms with Crippen LogP contribution in [0, 0.1) is 0 Å². The molecule has 0 N–H and O–H groups in total. The van der Waals surface area contributed by atoms with Gasteiger partial charge in [-0.1, -0.05) is 72.3 Å². The van der Waals surface area contributed by atoms with Crippen LogP contribution in [0.4, 0.5) is 0 Å². The Balaban J connectivity index is 1.45. The summed E-state index contributed by atoms with van der Waals surface area (Å²) in [6.07, 6.45) is 0. The minimum Gasteiger partial charge on any atom is -0.336 e. The molecule has 6 nitrogen and oxygen atoms in total. The molecule has 1 fully saturated rings. The molecule has 1 aliphatic rings. The first-order chi connectivity index (χ1) is 16.3. The van der Waals surface area contributed by atoms with Crippen molar-refractivity contribution in [2.75, 3.05) is 33.2 Å². The standard InChI is InChI=1S/C26H28ClN3O3S/c1-28(19-21-8-4-2-5-9-21)34(32,33)23-12-13-25(27)24(18-23)26(31)30-16-14-29(15-17-30)20-22-10-6-3-7-11-22/h2-13,18H,14-17,19-20H2,1H3. The highest BCUT2D eigenvalue weighted by Crippen LogP contribution is 2.25. The number of carbonyl (C=O) groups excluding carboxylic acids is 1. The minimum absolute atomic E-state index is 0.0568. The Kier molecular flexibility index (Phi) is 7.68. The summed E-state index contributed by atoms with van der Waals surface area (Å²) in [6, 6.07) is 24.0. The monoisotopic (exact) mass is 497 g/mol. The zero-order chi connectivity index (χ0) is 24.1. The number of halogens is 1. The van der Waals surface area contributed by atoms with E-state index in [1.807, 2.05) is 48.5 Å². The molecule has 1 aliphatic heterocycles. The summed E-state index contributed by atoms with van der Waals surface area (Å²) in [5.41, 5.74) is 2.34. The summed E-state index contributed by atoms with van der Waals surface area (Å²) in [7, 11) is -2.26. The Hall–Kier alpha value is -2.71. The predicted molar refractivity (Wildman–Crippen MR) is 134 cm³/mol. The number of rotatable bonds is 7. The van der Waals surface area contributed by atoms with Gasteiger partial charge in [0.2, 0.25) is 10.0 Å². The lowest BCUT2D eigenvalue weighted by atomic mass is 10.1. The average molecular weight is 498 g/mol. The Morgan fingerprint density at radius 3 is 2.09 bits per heavy atom. The molecule has 8 heteroatoms. The third-order valence-corrected chi connectivity index (χ3v) is 8.16. The molecule has 0 aromatic heterocycles. The lowest BCUT2D eigenvalue weighted by Gasteiger charge is -2.35. The van der Waals surface area contributed by atoms with Crippen molar-refractivity contribution in [2.24, 2.45) is 0 Å². The molecule has 0 spiro atoms. The van der Waals surface area contributed by atoms with E-state index in [1.165, 1.54) is 35.1 Å². The van der Waals surface area contributed by atoms with E-state index in [9.17, 15) is 13.2 Å². The van der Waals surface area contributed by atoms with E-state index < -0.39 is 10.0 Å². The Morgan fingerprint density at radius 1 is 0.882 bits per heavy atom. The van der Waals surface area contributed by atoms with Crippen molar-refractivity contribution in [3.8, 4) is 0 Å². The van der Waals surface area contributed by atoms with Crippen molar-refractivity contribution in [2.45, 2.75) is 18.0 Å². The molecule has 3 aromatic rings. The van der Waals surface area contributed by atoms with Gasteiger partial charge >= 0.3 is 0 Å². The second-order valence-electron chi connectivity index (χ2n) is 8.44. The molecule has 3 aromatic carbocycles. The summed E-state index contributed by atoms with van der Waals surface area (Å²) >= 11 is 6.34. The van der Waals surface area contributed by atoms with Crippen LogP contribution in [0.15, 0.2) is 83.8 Å². The molecule has 0 saturated carbocycles. The quantitative estimate of drug-likeness (QED) is 0.492. The maximum absolute atomic E-state index is 13.2. The topological polar surface area (TPSA) is 60.9 Å². The van der Waals surface area contributed by atoms with Gasteiger partial charge in [0.25, 0.3) is 5.91 Å². The molecule has 0 unspecified atom stereocenters. The Bertz CT molecular complexity index is 1230. The van der Waals surface area contributed by atoms with Gasteiger partial charge in [0.05, 0.1) is 15.5 Å². The van der Waals surface area contributed by atoms with Crippen LogP contribution in [-0.4, -0.2) is 61.7 Å². The highest BCUT2D eigenvalue weighted by atomic mass is 35.5. The summed E-state index contributed by atoms with van der Waals surface area (Å²) in [6.45, 7) is 3.69. The van der Waals surface area contributed by atoms with E-state index in [4.69, 9.17) is 11.6 Å². The van der Waals surface area contributed by atoms with Gasteiger partial charge in [-0.3, -0.25) is 9.69 Å². The van der Waals surface area contributed by atoms with Crippen molar-refractivity contribution >= 4 is 27.5 Å². The van der Waals surface area contributed by atoms with E-state index in [1.54, 1.807) is 4.90 Å². The van der Waals surface area contributed by atoms with Crippen molar-refractivity contribution in [1.82, 2.24) is 14.1 Å². The number of carbonyl (C=O) groups is 1. The lowest BCUT2D eigenvalue weighted by Crippen LogP contribution is -2.48. The molecule has 1 amide bonds. The molecule has 0 atom stereocenters. The van der Waals surface area contributed by atoms with Crippen LogP contribution in [0.5, 0.6) is 0 Å².